The topological polar surface area (TPSA) is 149 Å². The van der Waals surface area contributed by atoms with Gasteiger partial charge in [-0.15, -0.1) is 0 Å². The molecule has 0 saturated carbocycles. The van der Waals surface area contributed by atoms with Gasteiger partial charge in [0.2, 0.25) is 5.91 Å². The molecule has 0 aliphatic carbocycles. The smallest absolute Gasteiger partial charge is 0.268 e. The molecular weight excluding hydrogens is 476 g/mol. The van der Waals surface area contributed by atoms with Crippen LogP contribution in [-0.4, -0.2) is 53.8 Å². The van der Waals surface area contributed by atoms with E-state index in [9.17, 15) is 19.5 Å². The molecule has 3 amide bonds. The molecule has 37 heavy (non-hydrogen) atoms. The highest BCUT2D eigenvalue weighted by atomic mass is 16.5. The van der Waals surface area contributed by atoms with Crippen LogP contribution in [0.1, 0.15) is 22.8 Å². The number of carbonyl (C=O) groups excluding carboxylic acids is 3. The molecule has 3 aromatic rings. The van der Waals surface area contributed by atoms with Crippen molar-refractivity contribution >= 4 is 23.4 Å². The summed E-state index contributed by atoms with van der Waals surface area (Å²) in [6, 6.07) is 20.3. The molecule has 0 fully saturated rings. The van der Waals surface area contributed by atoms with E-state index in [1.54, 1.807) is 43.5 Å². The van der Waals surface area contributed by atoms with Crippen LogP contribution in [0.25, 0.3) is 11.1 Å². The zero-order valence-corrected chi connectivity index (χ0v) is 20.5. The van der Waals surface area contributed by atoms with E-state index in [-0.39, 0.29) is 18.0 Å². The molecule has 6 N–H and O–H groups in total. The zero-order valence-electron chi connectivity index (χ0n) is 20.5. The van der Waals surface area contributed by atoms with E-state index in [0.717, 1.165) is 22.4 Å². The number of ether oxygens (including phenoxy) is 1. The van der Waals surface area contributed by atoms with Crippen molar-refractivity contribution in [3.63, 3.8) is 0 Å². The quantitative estimate of drug-likeness (QED) is 0.172. The first kappa shape index (κ1) is 27.3. The number of nitrogens with one attached hydrogen (secondary N) is 4. The number of aliphatic hydroxyl groups excluding tert-OH is 1. The van der Waals surface area contributed by atoms with E-state index < -0.39 is 24.0 Å². The first-order chi connectivity index (χ1) is 17.8. The Bertz CT molecular complexity index is 1200. The Kier molecular flexibility index (Phi) is 9.73. The van der Waals surface area contributed by atoms with Crippen molar-refractivity contribution in [2.24, 2.45) is 0 Å². The van der Waals surface area contributed by atoms with E-state index in [2.05, 4.69) is 16.0 Å². The summed E-state index contributed by atoms with van der Waals surface area (Å²) in [5, 5.41) is 26.8. The molecule has 10 heteroatoms. The van der Waals surface area contributed by atoms with E-state index >= 15 is 0 Å². The molecule has 0 radical (unpaired) electrons. The average molecular weight is 507 g/mol. The third-order valence-corrected chi connectivity index (χ3v) is 5.58. The van der Waals surface area contributed by atoms with Crippen molar-refractivity contribution in [3.05, 3.63) is 83.9 Å². The second kappa shape index (κ2) is 13.2. The summed E-state index contributed by atoms with van der Waals surface area (Å²) in [7, 11) is 1.61. The van der Waals surface area contributed by atoms with E-state index in [1.165, 1.54) is 12.4 Å². The fourth-order valence-corrected chi connectivity index (χ4v) is 3.53. The molecule has 0 aliphatic rings. The van der Waals surface area contributed by atoms with Crippen LogP contribution in [0.3, 0.4) is 0 Å². The maximum absolute atomic E-state index is 12.4. The predicted octanol–water partition coefficient (Wildman–Crippen LogP) is 2.08. The molecule has 0 spiro atoms. The Morgan fingerprint density at radius 2 is 1.49 bits per heavy atom. The number of hydrogen-bond acceptors (Lipinski definition) is 7. The summed E-state index contributed by atoms with van der Waals surface area (Å²) >= 11 is 0. The predicted molar refractivity (Wildman–Crippen MR) is 138 cm³/mol. The highest BCUT2D eigenvalue weighted by Crippen LogP contribution is 2.22. The Balaban J connectivity index is 1.51. The Morgan fingerprint density at radius 3 is 2.03 bits per heavy atom. The SMILES string of the molecule is COc1ccc(CNCC(=O)Nc2ccc(-c3ccc(C(=O)N[C@H](C(=O)NO)[C@@H](C)O)cc3)cc2)cc1. The summed E-state index contributed by atoms with van der Waals surface area (Å²) < 4.78 is 5.13. The highest BCUT2D eigenvalue weighted by molar-refractivity contribution is 5.98. The molecule has 0 saturated heterocycles. The summed E-state index contributed by atoms with van der Waals surface area (Å²) in [5.74, 6) is -0.871. The average Bonchev–Trinajstić information content (AvgIpc) is 2.92. The van der Waals surface area contributed by atoms with Crippen LogP contribution in [0.2, 0.25) is 0 Å². The monoisotopic (exact) mass is 506 g/mol. The molecule has 0 bridgehead atoms. The number of aliphatic hydroxyl groups is 1. The molecule has 0 aromatic heterocycles. The number of methoxy groups -OCH3 is 1. The van der Waals surface area contributed by atoms with Crippen LogP contribution in [-0.2, 0) is 16.1 Å². The molecule has 194 valence electrons. The lowest BCUT2D eigenvalue weighted by atomic mass is 10.0. The van der Waals surface area contributed by atoms with Gasteiger partial charge in [-0.25, -0.2) is 5.48 Å². The maximum atomic E-state index is 12.4. The number of rotatable bonds is 11. The van der Waals surface area contributed by atoms with Crippen molar-refractivity contribution in [2.75, 3.05) is 19.0 Å². The van der Waals surface area contributed by atoms with Crippen molar-refractivity contribution in [2.45, 2.75) is 25.6 Å². The fourth-order valence-electron chi connectivity index (χ4n) is 3.53. The largest absolute Gasteiger partial charge is 0.497 e. The van der Waals surface area contributed by atoms with Crippen LogP contribution in [0.15, 0.2) is 72.8 Å². The maximum Gasteiger partial charge on any atom is 0.268 e. The zero-order chi connectivity index (χ0) is 26.8. The minimum absolute atomic E-state index is 0.160. The van der Waals surface area contributed by atoms with Gasteiger partial charge in [0.1, 0.15) is 11.8 Å². The fraction of sp³-hybridized carbons (Fsp3) is 0.222. The number of hydroxylamine groups is 1. The Morgan fingerprint density at radius 1 is 0.892 bits per heavy atom. The third-order valence-electron chi connectivity index (χ3n) is 5.58. The van der Waals surface area contributed by atoms with Crippen molar-refractivity contribution in [3.8, 4) is 16.9 Å². The van der Waals surface area contributed by atoms with E-state index in [0.29, 0.717) is 12.2 Å². The molecule has 0 unspecified atom stereocenters. The lowest BCUT2D eigenvalue weighted by molar-refractivity contribution is -0.133. The number of benzene rings is 3. The van der Waals surface area contributed by atoms with Crippen LogP contribution < -0.4 is 26.2 Å². The van der Waals surface area contributed by atoms with Gasteiger partial charge in [0.15, 0.2) is 0 Å². The third kappa shape index (κ3) is 7.87. The van der Waals surface area contributed by atoms with E-state index in [4.69, 9.17) is 9.94 Å². The minimum atomic E-state index is -1.29. The van der Waals surface area contributed by atoms with Crippen molar-refractivity contribution < 1.29 is 29.4 Å². The lowest BCUT2D eigenvalue weighted by Crippen LogP contribution is -2.51. The Hall–Kier alpha value is -4.25. The van der Waals surface area contributed by atoms with Crippen LogP contribution in [0.4, 0.5) is 5.69 Å². The van der Waals surface area contributed by atoms with Gasteiger partial charge < -0.3 is 25.8 Å². The van der Waals surface area contributed by atoms with Crippen molar-refractivity contribution in [1.29, 1.82) is 0 Å². The van der Waals surface area contributed by atoms with Gasteiger partial charge >= 0.3 is 0 Å². The second-order valence-corrected chi connectivity index (χ2v) is 8.32. The summed E-state index contributed by atoms with van der Waals surface area (Å²) in [5.41, 5.74) is 5.13. The molecule has 0 aliphatic heterocycles. The van der Waals surface area contributed by atoms with Gasteiger partial charge in [0.25, 0.3) is 11.8 Å². The van der Waals surface area contributed by atoms with Crippen molar-refractivity contribution in [1.82, 2.24) is 16.1 Å². The van der Waals surface area contributed by atoms with Gasteiger partial charge in [0.05, 0.1) is 19.8 Å². The second-order valence-electron chi connectivity index (χ2n) is 8.32. The van der Waals surface area contributed by atoms with E-state index in [1.807, 2.05) is 36.4 Å². The van der Waals surface area contributed by atoms with Crippen LogP contribution >= 0.6 is 0 Å². The summed E-state index contributed by atoms with van der Waals surface area (Å²) in [4.78, 5) is 36.3. The Labute approximate surface area is 214 Å². The number of carbonyl (C=O) groups is 3. The molecule has 3 aromatic carbocycles. The number of hydrogen-bond donors (Lipinski definition) is 6. The molecule has 2 atom stereocenters. The molecular formula is C27H30N4O6. The number of anilines is 1. The van der Waals surface area contributed by atoms with Gasteiger partial charge in [-0.3, -0.25) is 19.6 Å². The van der Waals surface area contributed by atoms with Gasteiger partial charge in [-0.1, -0.05) is 36.4 Å². The highest BCUT2D eigenvalue weighted by Gasteiger charge is 2.25. The van der Waals surface area contributed by atoms with Crippen LogP contribution in [0, 0.1) is 0 Å². The molecule has 3 rings (SSSR count). The molecule has 10 nitrogen and oxygen atoms in total. The first-order valence-corrected chi connectivity index (χ1v) is 11.6. The standard InChI is InChI=1S/C27H30N4O6/c1-17(32)25(27(35)31-36)30-26(34)21-7-5-19(6-8-21)20-9-11-22(12-10-20)29-24(33)16-28-15-18-3-13-23(37-2)14-4-18/h3-14,17,25,28,32,36H,15-16H2,1-2H3,(H,29,33)(H,30,34)(H,31,35)/t17-,25+/m1/s1. The minimum Gasteiger partial charge on any atom is -0.497 e. The van der Waals surface area contributed by atoms with Gasteiger partial charge in [0, 0.05) is 17.8 Å². The summed E-state index contributed by atoms with van der Waals surface area (Å²) in [6.07, 6.45) is -1.20. The van der Waals surface area contributed by atoms with Gasteiger partial charge in [-0.2, -0.15) is 0 Å². The van der Waals surface area contributed by atoms with Gasteiger partial charge in [-0.05, 0) is 60.0 Å². The first-order valence-electron chi connectivity index (χ1n) is 11.6. The van der Waals surface area contributed by atoms with Crippen LogP contribution in [0.5, 0.6) is 5.75 Å². The normalized spacial score (nSPS) is 12.2. The summed E-state index contributed by atoms with van der Waals surface area (Å²) in [6.45, 7) is 2.04. The number of amides is 3. The lowest BCUT2D eigenvalue weighted by Gasteiger charge is -2.19. The molecule has 0 heterocycles.